The second-order valence-corrected chi connectivity index (χ2v) is 7.24. The Balaban J connectivity index is 1.59. The van der Waals surface area contributed by atoms with E-state index in [2.05, 4.69) is 20.8 Å². The molecular weight excluding hydrogens is 354 g/mol. The monoisotopic (exact) mass is 373 g/mol. The summed E-state index contributed by atoms with van der Waals surface area (Å²) in [6.07, 6.45) is 4.28. The van der Waals surface area contributed by atoms with Gasteiger partial charge in [0.15, 0.2) is 0 Å². The van der Waals surface area contributed by atoms with Gasteiger partial charge in [0.05, 0.1) is 18.8 Å². The molecule has 1 saturated carbocycles. The Bertz CT molecular complexity index is 499. The highest BCUT2D eigenvalue weighted by molar-refractivity contribution is 9.10. The molecule has 1 heterocycles. The molecule has 0 amide bonds. The number of benzene rings is 1. The lowest BCUT2D eigenvalue weighted by molar-refractivity contribution is -0.0587. The average molecular weight is 375 g/mol. The molecule has 1 aromatic rings. The van der Waals surface area contributed by atoms with Gasteiger partial charge >= 0.3 is 0 Å². The number of ether oxygens (including phenoxy) is 1. The largest absolute Gasteiger partial charge is 0.388 e. The molecule has 0 aromatic heterocycles. The van der Waals surface area contributed by atoms with E-state index in [9.17, 15) is 5.11 Å². The number of morpholine rings is 1. The summed E-state index contributed by atoms with van der Waals surface area (Å²) in [5.74, 6) is 0. The summed E-state index contributed by atoms with van der Waals surface area (Å²) in [4.78, 5) is 2.48. The number of halogens is 2. The van der Waals surface area contributed by atoms with Crippen molar-refractivity contribution in [1.82, 2.24) is 4.90 Å². The number of aliphatic hydroxyl groups is 1. The summed E-state index contributed by atoms with van der Waals surface area (Å²) in [5.41, 5.74) is 0.816. The summed E-state index contributed by atoms with van der Waals surface area (Å²) in [7, 11) is 0. The van der Waals surface area contributed by atoms with Gasteiger partial charge in [-0.3, -0.25) is 4.90 Å². The van der Waals surface area contributed by atoms with E-state index in [1.165, 1.54) is 19.3 Å². The van der Waals surface area contributed by atoms with Gasteiger partial charge in [-0.25, -0.2) is 0 Å². The van der Waals surface area contributed by atoms with Gasteiger partial charge < -0.3 is 9.84 Å². The molecule has 1 aromatic carbocycles. The summed E-state index contributed by atoms with van der Waals surface area (Å²) >= 11 is 9.60. The van der Waals surface area contributed by atoms with E-state index in [-0.39, 0.29) is 0 Å². The number of rotatable bonds is 4. The van der Waals surface area contributed by atoms with Crippen LogP contribution in [-0.2, 0) is 4.74 Å². The molecule has 1 N–H and O–H groups in total. The molecule has 3 rings (SSSR count). The van der Waals surface area contributed by atoms with Crippen molar-refractivity contribution < 1.29 is 9.84 Å². The van der Waals surface area contributed by atoms with Gasteiger partial charge in [0.1, 0.15) is 0 Å². The quantitative estimate of drug-likeness (QED) is 0.870. The number of hydrogen-bond donors (Lipinski definition) is 1. The van der Waals surface area contributed by atoms with Gasteiger partial charge in [0, 0.05) is 28.6 Å². The third-order valence-corrected chi connectivity index (χ3v) is 5.43. The van der Waals surface area contributed by atoms with Gasteiger partial charge in [-0.2, -0.15) is 0 Å². The molecular formula is C16H21BrClNO2. The van der Waals surface area contributed by atoms with Crippen molar-refractivity contribution in [3.05, 3.63) is 33.3 Å². The Kier molecular flexibility index (Phi) is 5.23. The van der Waals surface area contributed by atoms with Crippen LogP contribution >= 0.6 is 27.5 Å². The minimum absolute atomic E-state index is 0.409. The molecule has 2 aliphatic rings. The molecule has 3 nitrogen and oxygen atoms in total. The molecule has 116 valence electrons. The molecule has 0 spiro atoms. The van der Waals surface area contributed by atoms with Gasteiger partial charge in [0.25, 0.3) is 0 Å². The normalized spacial score (nSPS) is 27.6. The fraction of sp³-hybridized carbons (Fsp3) is 0.625. The summed E-state index contributed by atoms with van der Waals surface area (Å²) in [6.45, 7) is 2.69. The van der Waals surface area contributed by atoms with Crippen LogP contribution in [0.25, 0.3) is 0 Å². The first-order valence-corrected chi connectivity index (χ1v) is 8.81. The van der Waals surface area contributed by atoms with Crippen LogP contribution in [0.4, 0.5) is 0 Å². The maximum atomic E-state index is 10.4. The van der Waals surface area contributed by atoms with Crippen molar-refractivity contribution in [3.8, 4) is 0 Å². The summed E-state index contributed by atoms with van der Waals surface area (Å²) in [6, 6.07) is 6.20. The molecule has 1 saturated heterocycles. The Morgan fingerprint density at radius 2 is 2.29 bits per heavy atom. The van der Waals surface area contributed by atoms with Crippen LogP contribution in [0.2, 0.25) is 5.02 Å². The van der Waals surface area contributed by atoms with Crippen LogP contribution in [0, 0.1) is 0 Å². The SMILES string of the molecule is OC(CCN1CCOC2CCCC21)c1ccc(Br)cc1Cl. The fourth-order valence-corrected chi connectivity index (χ4v) is 4.30. The Hall–Kier alpha value is -0.130. The highest BCUT2D eigenvalue weighted by atomic mass is 79.9. The molecule has 3 unspecified atom stereocenters. The lowest BCUT2D eigenvalue weighted by Gasteiger charge is -2.38. The maximum Gasteiger partial charge on any atom is 0.0816 e. The van der Waals surface area contributed by atoms with Crippen LogP contribution in [-0.4, -0.2) is 41.8 Å². The molecule has 3 atom stereocenters. The minimum atomic E-state index is -0.506. The number of aliphatic hydroxyl groups excluding tert-OH is 1. The molecule has 1 aliphatic heterocycles. The topological polar surface area (TPSA) is 32.7 Å². The molecule has 0 bridgehead atoms. The van der Waals surface area contributed by atoms with Crippen molar-refractivity contribution in [2.24, 2.45) is 0 Å². The van der Waals surface area contributed by atoms with E-state index >= 15 is 0 Å². The first-order valence-electron chi connectivity index (χ1n) is 7.64. The third-order valence-electron chi connectivity index (χ3n) is 4.61. The zero-order chi connectivity index (χ0) is 14.8. The predicted molar refractivity (Wildman–Crippen MR) is 87.7 cm³/mol. The zero-order valence-corrected chi connectivity index (χ0v) is 14.3. The Morgan fingerprint density at radius 3 is 3.10 bits per heavy atom. The third kappa shape index (κ3) is 3.62. The van der Waals surface area contributed by atoms with Gasteiger partial charge in [0.2, 0.25) is 0 Å². The van der Waals surface area contributed by atoms with Crippen LogP contribution in [0.5, 0.6) is 0 Å². The first-order chi connectivity index (χ1) is 10.1. The lowest BCUT2D eigenvalue weighted by Crippen LogP contribution is -2.48. The second-order valence-electron chi connectivity index (χ2n) is 5.91. The number of fused-ring (bicyclic) bond motifs is 1. The predicted octanol–water partition coefficient (Wildman–Crippen LogP) is 3.78. The van der Waals surface area contributed by atoms with E-state index < -0.39 is 6.10 Å². The van der Waals surface area contributed by atoms with Crippen molar-refractivity contribution in [2.75, 3.05) is 19.7 Å². The van der Waals surface area contributed by atoms with E-state index in [0.29, 0.717) is 23.6 Å². The minimum Gasteiger partial charge on any atom is -0.388 e. The zero-order valence-electron chi connectivity index (χ0n) is 12.0. The number of nitrogens with zero attached hydrogens (tertiary/aromatic N) is 1. The summed E-state index contributed by atoms with van der Waals surface area (Å²) < 4.78 is 6.76. The van der Waals surface area contributed by atoms with Gasteiger partial charge in [-0.15, -0.1) is 0 Å². The fourth-order valence-electron chi connectivity index (χ4n) is 3.50. The van der Waals surface area contributed by atoms with Crippen molar-refractivity contribution in [3.63, 3.8) is 0 Å². The Morgan fingerprint density at radius 1 is 1.43 bits per heavy atom. The van der Waals surface area contributed by atoms with E-state index in [1.54, 1.807) is 0 Å². The van der Waals surface area contributed by atoms with E-state index in [1.807, 2.05) is 18.2 Å². The second kappa shape index (κ2) is 6.97. The lowest BCUT2D eigenvalue weighted by atomic mass is 10.0. The van der Waals surface area contributed by atoms with E-state index in [0.717, 1.165) is 29.7 Å². The molecule has 0 radical (unpaired) electrons. The van der Waals surface area contributed by atoms with Crippen LogP contribution in [0.15, 0.2) is 22.7 Å². The molecule has 2 fully saturated rings. The standard InChI is InChI=1S/C16H21BrClNO2/c17-11-4-5-12(13(18)10-11)15(20)6-7-19-8-9-21-16-3-1-2-14(16)19/h4-5,10,14-16,20H,1-3,6-9H2. The molecule has 5 heteroatoms. The van der Waals surface area contributed by atoms with Gasteiger partial charge in [-0.05, 0) is 43.4 Å². The highest BCUT2D eigenvalue weighted by Crippen LogP contribution is 2.32. The Labute approximate surface area is 139 Å². The van der Waals surface area contributed by atoms with Crippen LogP contribution < -0.4 is 0 Å². The first kappa shape index (κ1) is 15.8. The molecule has 21 heavy (non-hydrogen) atoms. The van der Waals surface area contributed by atoms with Crippen molar-refractivity contribution in [1.29, 1.82) is 0 Å². The van der Waals surface area contributed by atoms with Crippen molar-refractivity contribution in [2.45, 2.75) is 43.9 Å². The summed E-state index contributed by atoms with van der Waals surface area (Å²) in [5, 5.41) is 11.0. The smallest absolute Gasteiger partial charge is 0.0816 e. The van der Waals surface area contributed by atoms with Crippen LogP contribution in [0.1, 0.15) is 37.4 Å². The average Bonchev–Trinajstić information content (AvgIpc) is 2.93. The number of hydrogen-bond acceptors (Lipinski definition) is 3. The molecule has 1 aliphatic carbocycles. The van der Waals surface area contributed by atoms with Crippen LogP contribution in [0.3, 0.4) is 0 Å². The van der Waals surface area contributed by atoms with E-state index in [4.69, 9.17) is 16.3 Å². The highest BCUT2D eigenvalue weighted by Gasteiger charge is 2.35. The van der Waals surface area contributed by atoms with Gasteiger partial charge in [-0.1, -0.05) is 33.6 Å². The van der Waals surface area contributed by atoms with Crippen molar-refractivity contribution >= 4 is 27.5 Å². The maximum absolute atomic E-state index is 10.4.